The smallest absolute Gasteiger partial charge is 0.320 e. The van der Waals surface area contributed by atoms with Crippen LogP contribution in [0.4, 0.5) is 0 Å². The van der Waals surface area contributed by atoms with Crippen molar-refractivity contribution in [3.63, 3.8) is 0 Å². The van der Waals surface area contributed by atoms with Crippen LogP contribution in [0.2, 0.25) is 0 Å². The Kier molecular flexibility index (Phi) is 6.25. The molecule has 0 unspecified atom stereocenters. The van der Waals surface area contributed by atoms with E-state index in [0.717, 1.165) is 18.5 Å². The Balaban J connectivity index is 2.25. The van der Waals surface area contributed by atoms with E-state index in [1.807, 2.05) is 30.1 Å². The minimum Gasteiger partial charge on any atom is -0.465 e. The van der Waals surface area contributed by atoms with Gasteiger partial charge in [0, 0.05) is 12.7 Å². The fraction of sp³-hybridized carbons (Fsp3) is 0.538. The number of pyridine rings is 1. The van der Waals surface area contributed by atoms with Crippen LogP contribution in [-0.2, 0) is 16.1 Å². The zero-order valence-electron chi connectivity index (χ0n) is 10.6. The highest BCUT2D eigenvalue weighted by molar-refractivity contribution is 5.71. The highest BCUT2D eigenvalue weighted by Gasteiger charge is 2.08. The van der Waals surface area contributed by atoms with Crippen molar-refractivity contribution in [2.75, 3.05) is 20.2 Å². The van der Waals surface area contributed by atoms with Crippen molar-refractivity contribution in [1.82, 2.24) is 9.88 Å². The fourth-order valence-corrected chi connectivity index (χ4v) is 1.42. The molecule has 17 heavy (non-hydrogen) atoms. The molecule has 0 fully saturated rings. The van der Waals surface area contributed by atoms with Gasteiger partial charge >= 0.3 is 5.97 Å². The molecule has 0 saturated heterocycles. The number of likely N-dealkylation sites (N-methyl/N-ethyl adjacent to an activating group) is 1. The summed E-state index contributed by atoms with van der Waals surface area (Å²) in [5.74, 6) is -0.170. The lowest BCUT2D eigenvalue weighted by atomic mass is 10.3. The summed E-state index contributed by atoms with van der Waals surface area (Å²) < 4.78 is 5.09. The molecular weight excluding hydrogens is 216 g/mol. The number of esters is 1. The summed E-state index contributed by atoms with van der Waals surface area (Å²) >= 11 is 0. The molecule has 0 radical (unpaired) electrons. The molecule has 1 heterocycles. The molecule has 4 nitrogen and oxygen atoms in total. The van der Waals surface area contributed by atoms with Crippen molar-refractivity contribution in [2.45, 2.75) is 26.3 Å². The van der Waals surface area contributed by atoms with Crippen LogP contribution in [0.3, 0.4) is 0 Å². The number of hydrogen-bond acceptors (Lipinski definition) is 4. The first-order chi connectivity index (χ1) is 8.22. The largest absolute Gasteiger partial charge is 0.465 e. The summed E-state index contributed by atoms with van der Waals surface area (Å²) in [6.07, 6.45) is 3.72. The number of aromatic nitrogens is 1. The van der Waals surface area contributed by atoms with E-state index in [0.29, 0.717) is 19.7 Å². The standard InChI is InChI=1S/C13H20N2O2/c1-3-4-9-17-13(16)11-15(2)10-12-7-5-6-8-14-12/h5-8H,3-4,9-11H2,1-2H3. The molecule has 0 bridgehead atoms. The van der Waals surface area contributed by atoms with Gasteiger partial charge < -0.3 is 4.74 Å². The Morgan fingerprint density at radius 3 is 2.94 bits per heavy atom. The van der Waals surface area contributed by atoms with Crippen LogP contribution in [0, 0.1) is 0 Å². The average molecular weight is 236 g/mol. The van der Waals surface area contributed by atoms with Crippen LogP contribution in [0.5, 0.6) is 0 Å². The third-order valence-corrected chi connectivity index (χ3v) is 2.32. The van der Waals surface area contributed by atoms with Crippen molar-refractivity contribution in [3.05, 3.63) is 30.1 Å². The third-order valence-electron chi connectivity index (χ3n) is 2.32. The molecule has 0 aliphatic carbocycles. The van der Waals surface area contributed by atoms with E-state index in [9.17, 15) is 4.79 Å². The molecule has 0 aliphatic rings. The maximum atomic E-state index is 11.4. The molecule has 0 atom stereocenters. The van der Waals surface area contributed by atoms with Gasteiger partial charge in [-0.25, -0.2) is 0 Å². The van der Waals surface area contributed by atoms with Gasteiger partial charge in [-0.2, -0.15) is 0 Å². The maximum absolute atomic E-state index is 11.4. The molecule has 94 valence electrons. The topological polar surface area (TPSA) is 42.4 Å². The third kappa shape index (κ3) is 6.02. The molecule has 0 N–H and O–H groups in total. The highest BCUT2D eigenvalue weighted by Crippen LogP contribution is 1.99. The van der Waals surface area contributed by atoms with Gasteiger partial charge in [0.15, 0.2) is 0 Å². The minimum atomic E-state index is -0.170. The summed E-state index contributed by atoms with van der Waals surface area (Å²) in [6, 6.07) is 5.76. The molecule has 1 aromatic rings. The lowest BCUT2D eigenvalue weighted by Gasteiger charge is -2.15. The summed E-state index contributed by atoms with van der Waals surface area (Å²) in [5, 5.41) is 0. The minimum absolute atomic E-state index is 0.170. The van der Waals surface area contributed by atoms with Crippen LogP contribution in [0.25, 0.3) is 0 Å². The molecule has 0 aromatic carbocycles. The molecule has 0 spiro atoms. The average Bonchev–Trinajstić information content (AvgIpc) is 2.30. The Hall–Kier alpha value is -1.42. The first-order valence-corrected chi connectivity index (χ1v) is 5.96. The second-order valence-corrected chi connectivity index (χ2v) is 4.07. The maximum Gasteiger partial charge on any atom is 0.320 e. The summed E-state index contributed by atoms with van der Waals surface area (Å²) in [5.41, 5.74) is 0.955. The normalized spacial score (nSPS) is 10.5. The number of rotatable bonds is 7. The van der Waals surface area contributed by atoms with Gasteiger partial charge in [0.1, 0.15) is 0 Å². The van der Waals surface area contributed by atoms with Crippen LogP contribution in [-0.4, -0.2) is 36.1 Å². The van der Waals surface area contributed by atoms with Crippen molar-refractivity contribution >= 4 is 5.97 Å². The molecule has 0 saturated carbocycles. The molecule has 0 aliphatic heterocycles. The predicted molar refractivity (Wildman–Crippen MR) is 66.4 cm³/mol. The first kappa shape index (κ1) is 13.6. The molecule has 4 heteroatoms. The Labute approximate surface area is 103 Å². The van der Waals surface area contributed by atoms with Crippen molar-refractivity contribution in [3.8, 4) is 0 Å². The van der Waals surface area contributed by atoms with Gasteiger partial charge in [-0.05, 0) is 25.6 Å². The van der Waals surface area contributed by atoms with E-state index >= 15 is 0 Å². The van der Waals surface area contributed by atoms with E-state index in [2.05, 4.69) is 11.9 Å². The Morgan fingerprint density at radius 2 is 2.29 bits per heavy atom. The van der Waals surface area contributed by atoms with Gasteiger partial charge in [0.25, 0.3) is 0 Å². The molecule has 1 rings (SSSR count). The van der Waals surface area contributed by atoms with E-state index in [-0.39, 0.29) is 5.97 Å². The second-order valence-electron chi connectivity index (χ2n) is 4.07. The fourth-order valence-electron chi connectivity index (χ4n) is 1.42. The SMILES string of the molecule is CCCCOC(=O)CN(C)Cc1ccccn1. The molecular formula is C13H20N2O2. The van der Waals surface area contributed by atoms with Gasteiger partial charge in [-0.3, -0.25) is 14.7 Å². The van der Waals surface area contributed by atoms with E-state index in [1.54, 1.807) is 6.20 Å². The van der Waals surface area contributed by atoms with Crippen LogP contribution in [0.1, 0.15) is 25.5 Å². The first-order valence-electron chi connectivity index (χ1n) is 5.96. The zero-order valence-corrected chi connectivity index (χ0v) is 10.6. The van der Waals surface area contributed by atoms with Crippen molar-refractivity contribution in [1.29, 1.82) is 0 Å². The summed E-state index contributed by atoms with van der Waals surface area (Å²) in [7, 11) is 1.88. The predicted octanol–water partition coefficient (Wildman–Crippen LogP) is 1.86. The summed E-state index contributed by atoms with van der Waals surface area (Å²) in [4.78, 5) is 17.5. The lowest BCUT2D eigenvalue weighted by Crippen LogP contribution is -2.27. The number of carbonyl (C=O) groups is 1. The Morgan fingerprint density at radius 1 is 1.47 bits per heavy atom. The summed E-state index contributed by atoms with van der Waals surface area (Å²) in [6.45, 7) is 3.55. The van der Waals surface area contributed by atoms with Gasteiger partial charge in [0.05, 0.1) is 18.8 Å². The number of nitrogens with zero attached hydrogens (tertiary/aromatic N) is 2. The monoisotopic (exact) mass is 236 g/mol. The van der Waals surface area contributed by atoms with Gasteiger partial charge in [-0.1, -0.05) is 19.4 Å². The van der Waals surface area contributed by atoms with Crippen LogP contribution in [0.15, 0.2) is 24.4 Å². The number of unbranched alkanes of at least 4 members (excludes halogenated alkanes) is 1. The quantitative estimate of drug-likeness (QED) is 0.535. The number of ether oxygens (including phenoxy) is 1. The van der Waals surface area contributed by atoms with Gasteiger partial charge in [-0.15, -0.1) is 0 Å². The number of hydrogen-bond donors (Lipinski definition) is 0. The van der Waals surface area contributed by atoms with E-state index in [4.69, 9.17) is 4.74 Å². The number of carbonyl (C=O) groups excluding carboxylic acids is 1. The van der Waals surface area contributed by atoms with Crippen molar-refractivity contribution < 1.29 is 9.53 Å². The van der Waals surface area contributed by atoms with E-state index in [1.165, 1.54) is 0 Å². The lowest BCUT2D eigenvalue weighted by molar-refractivity contribution is -0.144. The van der Waals surface area contributed by atoms with Crippen LogP contribution < -0.4 is 0 Å². The Bertz CT molecular complexity index is 327. The van der Waals surface area contributed by atoms with E-state index < -0.39 is 0 Å². The van der Waals surface area contributed by atoms with Gasteiger partial charge in [0.2, 0.25) is 0 Å². The highest BCUT2D eigenvalue weighted by atomic mass is 16.5. The molecule has 0 amide bonds. The second kappa shape index (κ2) is 7.79. The zero-order chi connectivity index (χ0) is 12.5. The van der Waals surface area contributed by atoms with Crippen LogP contribution >= 0.6 is 0 Å². The molecule has 1 aromatic heterocycles. The van der Waals surface area contributed by atoms with Crippen molar-refractivity contribution in [2.24, 2.45) is 0 Å².